The van der Waals surface area contributed by atoms with Crippen LogP contribution in [0.15, 0.2) is 122 Å². The third kappa shape index (κ3) is 44.0. The van der Waals surface area contributed by atoms with Crippen LogP contribution in [-0.4, -0.2) is 70.0 Å². The van der Waals surface area contributed by atoms with Crippen molar-refractivity contribution in [2.24, 2.45) is 0 Å². The van der Waals surface area contributed by atoms with Crippen LogP contribution in [0.5, 0.6) is 0 Å². The van der Waals surface area contributed by atoms with Crippen LogP contribution in [0.3, 0.4) is 0 Å². The van der Waals surface area contributed by atoms with Crippen LogP contribution in [-0.2, 0) is 32.7 Å². The third-order valence-corrected chi connectivity index (χ3v) is 9.44. The highest BCUT2D eigenvalue weighted by Crippen LogP contribution is 2.38. The number of allylic oxidation sites excluding steroid dienone is 20. The second kappa shape index (κ2) is 40.8. The zero-order valence-electron chi connectivity index (χ0n) is 37.8. The SMILES string of the molecule is CC/C=C\C/C=C\C/C=C\C/C=C\C/C=C\C/C=C\CCC(=O)OC(COC(=O)CCC/C=C\C/C=C\C/C=C\C/C=C\CCCCC)COP(=O)([O-])OCC[N+](C)(C)C. The molecule has 338 valence electrons. The first-order chi connectivity index (χ1) is 29.0. The van der Waals surface area contributed by atoms with Gasteiger partial charge in [-0.2, -0.15) is 0 Å². The summed E-state index contributed by atoms with van der Waals surface area (Å²) in [5.74, 6) is -1.01. The van der Waals surface area contributed by atoms with Crippen molar-refractivity contribution in [3.05, 3.63) is 122 Å². The normalized spacial score (nSPS) is 14.7. The Morgan fingerprint density at radius 1 is 0.533 bits per heavy atom. The molecule has 0 aromatic rings. The predicted molar refractivity (Wildman–Crippen MR) is 249 cm³/mol. The van der Waals surface area contributed by atoms with Crippen LogP contribution < -0.4 is 4.89 Å². The van der Waals surface area contributed by atoms with Gasteiger partial charge in [0, 0.05) is 12.8 Å². The number of phosphoric acid groups is 1. The Bertz CT molecular complexity index is 1430. The molecule has 0 aliphatic rings. The van der Waals surface area contributed by atoms with Crippen LogP contribution >= 0.6 is 7.82 Å². The monoisotopic (exact) mass is 854 g/mol. The van der Waals surface area contributed by atoms with Gasteiger partial charge in [-0.25, -0.2) is 0 Å². The summed E-state index contributed by atoms with van der Waals surface area (Å²) in [5, 5.41) is 0. The number of carbonyl (C=O) groups excluding carboxylic acids is 2. The van der Waals surface area contributed by atoms with E-state index in [2.05, 4.69) is 117 Å². The molecule has 2 atom stereocenters. The first-order valence-corrected chi connectivity index (χ1v) is 23.7. The number of unbranched alkanes of at least 4 members (excludes halogenated alkanes) is 4. The van der Waals surface area contributed by atoms with Gasteiger partial charge in [-0.1, -0.05) is 148 Å². The van der Waals surface area contributed by atoms with Crippen molar-refractivity contribution in [1.29, 1.82) is 0 Å². The summed E-state index contributed by atoms with van der Waals surface area (Å²) < 4.78 is 33.7. The van der Waals surface area contributed by atoms with Crippen molar-refractivity contribution in [3.8, 4) is 0 Å². The lowest BCUT2D eigenvalue weighted by Gasteiger charge is -2.28. The van der Waals surface area contributed by atoms with Crippen molar-refractivity contribution < 1.29 is 42.1 Å². The van der Waals surface area contributed by atoms with E-state index in [1.54, 1.807) is 0 Å². The molecule has 0 amide bonds. The van der Waals surface area contributed by atoms with E-state index in [9.17, 15) is 19.0 Å². The first-order valence-electron chi connectivity index (χ1n) is 22.2. The molecule has 0 spiro atoms. The number of hydrogen-bond donors (Lipinski definition) is 0. The molecule has 2 unspecified atom stereocenters. The zero-order valence-corrected chi connectivity index (χ0v) is 38.7. The van der Waals surface area contributed by atoms with E-state index in [-0.39, 0.29) is 26.1 Å². The summed E-state index contributed by atoms with van der Waals surface area (Å²) in [7, 11) is 1.07. The van der Waals surface area contributed by atoms with Crippen LogP contribution in [0, 0.1) is 0 Å². The van der Waals surface area contributed by atoms with Gasteiger partial charge >= 0.3 is 11.9 Å². The molecule has 0 aromatic carbocycles. The minimum absolute atomic E-state index is 0.0604. The van der Waals surface area contributed by atoms with Gasteiger partial charge in [0.05, 0.1) is 27.7 Å². The standard InChI is InChI=1S/C50H80NO8P/c1-6-8-10-12-14-16-18-20-22-24-25-27-29-31-33-35-37-39-41-43-50(53)59-48(47-58-60(54,55)57-45-44-51(3,4)5)46-56-49(52)42-40-38-36-34-32-30-28-26-23-21-19-17-15-13-11-9-7-2/h8,10,14-17,20-23,25,27-28,30-31,33-34,36-37,39,48H,6-7,9,11-13,18-19,24,26,29,32,35,38,40-47H2,1-5H3/b10-8-,16-14-,17-15-,22-20-,23-21-,27-25-,30-28-,33-31-,36-34-,39-37-. The summed E-state index contributed by atoms with van der Waals surface area (Å²) in [5.41, 5.74) is 0. The number of ether oxygens (including phenoxy) is 2. The smallest absolute Gasteiger partial charge is 0.306 e. The average Bonchev–Trinajstić information content (AvgIpc) is 3.20. The van der Waals surface area contributed by atoms with Gasteiger partial charge in [0.2, 0.25) is 0 Å². The maximum absolute atomic E-state index is 12.7. The van der Waals surface area contributed by atoms with Crippen molar-refractivity contribution >= 4 is 19.8 Å². The van der Waals surface area contributed by atoms with Crippen molar-refractivity contribution in [1.82, 2.24) is 0 Å². The highest BCUT2D eigenvalue weighted by Gasteiger charge is 2.21. The molecule has 0 radical (unpaired) electrons. The number of hydrogen-bond acceptors (Lipinski definition) is 8. The Morgan fingerprint density at radius 3 is 1.42 bits per heavy atom. The fourth-order valence-corrected chi connectivity index (χ4v) is 5.75. The highest BCUT2D eigenvalue weighted by atomic mass is 31.2. The van der Waals surface area contributed by atoms with E-state index in [1.165, 1.54) is 19.3 Å². The Balaban J connectivity index is 4.61. The van der Waals surface area contributed by atoms with Crippen LogP contribution in [0.2, 0.25) is 0 Å². The molecule has 60 heavy (non-hydrogen) atoms. The molecule has 0 heterocycles. The van der Waals surface area contributed by atoms with E-state index in [0.717, 1.165) is 64.2 Å². The summed E-state index contributed by atoms with van der Waals surface area (Å²) in [4.78, 5) is 37.5. The Morgan fingerprint density at radius 2 is 0.967 bits per heavy atom. The van der Waals surface area contributed by atoms with Gasteiger partial charge in [0.15, 0.2) is 6.10 Å². The number of esters is 2. The Kier molecular flexibility index (Phi) is 38.4. The van der Waals surface area contributed by atoms with Gasteiger partial charge in [-0.3, -0.25) is 14.2 Å². The third-order valence-electron chi connectivity index (χ3n) is 8.48. The summed E-state index contributed by atoms with van der Waals surface area (Å²) in [6, 6.07) is 0. The largest absolute Gasteiger partial charge is 0.756 e. The molecule has 9 nitrogen and oxygen atoms in total. The van der Waals surface area contributed by atoms with Gasteiger partial charge in [-0.05, 0) is 89.9 Å². The molecule has 0 saturated carbocycles. The maximum Gasteiger partial charge on any atom is 0.306 e. The zero-order chi connectivity index (χ0) is 44.3. The molecule has 0 aliphatic heterocycles. The highest BCUT2D eigenvalue weighted by molar-refractivity contribution is 7.45. The number of rotatable bonds is 38. The van der Waals surface area contributed by atoms with E-state index < -0.39 is 32.5 Å². The van der Waals surface area contributed by atoms with Crippen molar-refractivity contribution in [2.75, 3.05) is 47.5 Å². The molecule has 0 aliphatic carbocycles. The molecular weight excluding hydrogens is 774 g/mol. The summed E-state index contributed by atoms with van der Waals surface area (Å²) in [6.07, 6.45) is 56.8. The lowest BCUT2D eigenvalue weighted by atomic mass is 10.2. The fourth-order valence-electron chi connectivity index (χ4n) is 5.02. The number of carbonyl (C=O) groups is 2. The topological polar surface area (TPSA) is 111 Å². The molecular formula is C50H80NO8P. The summed E-state index contributed by atoms with van der Waals surface area (Å²) in [6.45, 7) is 3.89. The van der Waals surface area contributed by atoms with E-state index >= 15 is 0 Å². The van der Waals surface area contributed by atoms with E-state index in [0.29, 0.717) is 30.3 Å². The molecule has 10 heteroatoms. The van der Waals surface area contributed by atoms with E-state index in [4.69, 9.17) is 18.5 Å². The number of quaternary nitrogens is 1. The number of nitrogens with zero attached hydrogens (tertiary/aromatic N) is 1. The van der Waals surface area contributed by atoms with Crippen molar-refractivity contribution in [3.63, 3.8) is 0 Å². The molecule has 0 rings (SSSR count). The predicted octanol–water partition coefficient (Wildman–Crippen LogP) is 12.3. The molecule has 0 bridgehead atoms. The van der Waals surface area contributed by atoms with Crippen LogP contribution in [0.1, 0.15) is 129 Å². The molecule has 0 saturated heterocycles. The quantitative estimate of drug-likeness (QED) is 0.0198. The van der Waals surface area contributed by atoms with E-state index in [1.807, 2.05) is 39.4 Å². The fraction of sp³-hybridized carbons (Fsp3) is 0.560. The van der Waals surface area contributed by atoms with Gasteiger partial charge in [0.25, 0.3) is 7.82 Å². The molecule has 0 aromatic heterocycles. The van der Waals surface area contributed by atoms with Gasteiger partial charge < -0.3 is 27.9 Å². The second-order valence-electron chi connectivity index (χ2n) is 15.3. The van der Waals surface area contributed by atoms with Crippen molar-refractivity contribution in [2.45, 2.75) is 136 Å². The Hall–Kier alpha value is -3.59. The molecule has 0 fully saturated rings. The van der Waals surface area contributed by atoms with Gasteiger partial charge in [0.1, 0.15) is 19.8 Å². The maximum atomic E-state index is 12.7. The Labute approximate surface area is 365 Å². The first kappa shape index (κ1) is 56.4. The lowest BCUT2D eigenvalue weighted by Crippen LogP contribution is -2.37. The minimum atomic E-state index is -4.67. The lowest BCUT2D eigenvalue weighted by molar-refractivity contribution is -0.870. The van der Waals surface area contributed by atoms with Gasteiger partial charge in [-0.15, -0.1) is 0 Å². The second-order valence-corrected chi connectivity index (χ2v) is 16.7. The number of phosphoric ester groups is 1. The molecule has 0 N–H and O–H groups in total. The summed E-state index contributed by atoms with van der Waals surface area (Å²) >= 11 is 0. The number of likely N-dealkylation sites (N-methyl/N-ethyl adjacent to an activating group) is 1. The van der Waals surface area contributed by atoms with Crippen LogP contribution in [0.4, 0.5) is 0 Å². The average molecular weight is 854 g/mol. The minimum Gasteiger partial charge on any atom is -0.756 e. The van der Waals surface area contributed by atoms with Crippen LogP contribution in [0.25, 0.3) is 0 Å².